The Morgan fingerprint density at radius 3 is 0.667 bits per heavy atom. The summed E-state index contributed by atoms with van der Waals surface area (Å²) in [5, 5.41) is 0. The summed E-state index contributed by atoms with van der Waals surface area (Å²) >= 11 is 0. The van der Waals surface area contributed by atoms with Crippen LogP contribution in [-0.4, -0.2) is 0 Å². The normalized spacial score (nSPS) is 1.00. The zero-order valence-electron chi connectivity index (χ0n) is 3.09. The van der Waals surface area contributed by atoms with Gasteiger partial charge in [-0.2, -0.15) is 0 Å². The van der Waals surface area contributed by atoms with E-state index in [1.165, 1.54) is 0 Å². The van der Waals surface area contributed by atoms with Crippen molar-refractivity contribution in [3.8, 4) is 0 Å². The standard InChI is InChI=1S/3ClH.H4N2.H3N/c;;;1-2;/h3*1H;1-2H2;1H3. The first-order chi connectivity index (χ1) is 1.00. The van der Waals surface area contributed by atoms with E-state index in [-0.39, 0.29) is 43.4 Å². The van der Waals surface area contributed by atoms with E-state index < -0.39 is 0 Å². The summed E-state index contributed by atoms with van der Waals surface area (Å²) in [7, 11) is 0. The first-order valence-corrected chi connectivity index (χ1v) is 0.333. The number of rotatable bonds is 0. The van der Waals surface area contributed by atoms with Crippen molar-refractivity contribution in [3.05, 3.63) is 0 Å². The highest BCUT2D eigenvalue weighted by atomic mass is 35.5. The summed E-state index contributed by atoms with van der Waals surface area (Å²) in [6.07, 6.45) is 0. The minimum atomic E-state index is 0. The Morgan fingerprint density at radius 1 is 0.667 bits per heavy atom. The van der Waals surface area contributed by atoms with Gasteiger partial charge in [-0.3, -0.25) is 11.7 Å². The van der Waals surface area contributed by atoms with Gasteiger partial charge in [0.2, 0.25) is 0 Å². The molecule has 6 heavy (non-hydrogen) atoms. The molecule has 0 aromatic heterocycles. The second-order valence-electron chi connectivity index (χ2n) is 0. The molecule has 0 radical (unpaired) electrons. The summed E-state index contributed by atoms with van der Waals surface area (Å²) < 4.78 is 0. The van der Waals surface area contributed by atoms with E-state index in [4.69, 9.17) is 0 Å². The number of hydrazine groups is 1. The molecule has 0 saturated heterocycles. The van der Waals surface area contributed by atoms with Crippen LogP contribution >= 0.6 is 37.2 Å². The first kappa shape index (κ1) is 72.9. The fourth-order valence-electron chi connectivity index (χ4n) is 0. The molecule has 0 atom stereocenters. The molecule has 0 saturated carbocycles. The number of nitrogens with two attached hydrogens (primary N) is 2. The highest BCUT2D eigenvalue weighted by molar-refractivity contribution is 5.86. The van der Waals surface area contributed by atoms with Crippen LogP contribution in [0.1, 0.15) is 0 Å². The molecular weight excluding hydrogens is 148 g/mol. The maximum absolute atomic E-state index is 4.00. The Bertz CT molecular complexity index is 6.00. The third-order valence-electron chi connectivity index (χ3n) is 0. The summed E-state index contributed by atoms with van der Waals surface area (Å²) in [4.78, 5) is 0. The van der Waals surface area contributed by atoms with Gasteiger partial charge in [-0.05, 0) is 0 Å². The Morgan fingerprint density at radius 2 is 0.667 bits per heavy atom. The van der Waals surface area contributed by atoms with Gasteiger partial charge in [-0.25, -0.2) is 0 Å². The van der Waals surface area contributed by atoms with Gasteiger partial charge in [0, 0.05) is 0 Å². The maximum atomic E-state index is 4.00. The summed E-state index contributed by atoms with van der Waals surface area (Å²) in [5.41, 5.74) is 0. The van der Waals surface area contributed by atoms with Gasteiger partial charge < -0.3 is 6.15 Å². The molecule has 0 bridgehead atoms. The highest BCUT2D eigenvalue weighted by Crippen LogP contribution is 0.692. The Kier molecular flexibility index (Phi) is 2800. The molecule has 0 unspecified atom stereocenters. The SMILES string of the molecule is Cl.Cl.Cl.N.NN. The average molecular weight is 158 g/mol. The van der Waals surface area contributed by atoms with Crippen molar-refractivity contribution in [2.75, 3.05) is 0 Å². The van der Waals surface area contributed by atoms with Crippen molar-refractivity contribution in [2.45, 2.75) is 0 Å². The molecule has 7 N–H and O–H groups in total. The van der Waals surface area contributed by atoms with Gasteiger partial charge >= 0.3 is 0 Å². The summed E-state index contributed by atoms with van der Waals surface area (Å²) in [6, 6.07) is 0. The van der Waals surface area contributed by atoms with Gasteiger partial charge in [0.1, 0.15) is 0 Å². The minimum Gasteiger partial charge on any atom is -0.344 e. The third kappa shape index (κ3) is 119. The van der Waals surface area contributed by atoms with E-state index in [9.17, 15) is 0 Å². The molecule has 0 rings (SSSR count). The van der Waals surface area contributed by atoms with Gasteiger partial charge in [0.05, 0.1) is 0 Å². The van der Waals surface area contributed by atoms with Crippen LogP contribution in [0.25, 0.3) is 0 Å². The van der Waals surface area contributed by atoms with Crippen LogP contribution in [0.2, 0.25) is 0 Å². The molecule has 0 amide bonds. The lowest BCUT2D eigenvalue weighted by atomic mass is 13.0. The lowest BCUT2D eigenvalue weighted by Gasteiger charge is -1.27. The summed E-state index contributed by atoms with van der Waals surface area (Å²) in [5.74, 6) is 8.00. The van der Waals surface area contributed by atoms with Crippen LogP contribution in [0.3, 0.4) is 0 Å². The molecule has 0 aromatic carbocycles. The molecule has 0 aliphatic carbocycles. The van der Waals surface area contributed by atoms with Crippen LogP contribution in [0.4, 0.5) is 0 Å². The predicted octanol–water partition coefficient (Wildman–Crippen LogP) is 0.246. The van der Waals surface area contributed by atoms with Crippen molar-refractivity contribution in [2.24, 2.45) is 11.7 Å². The molecule has 3 nitrogen and oxygen atoms in total. The molecule has 6 heteroatoms. The largest absolute Gasteiger partial charge is 0.344 e. The smallest absolute Gasteiger partial charge is 0.147 e. The molecule has 0 heterocycles. The van der Waals surface area contributed by atoms with Crippen LogP contribution in [0.15, 0.2) is 0 Å². The van der Waals surface area contributed by atoms with Crippen LogP contribution in [0, 0.1) is 0 Å². The van der Waals surface area contributed by atoms with Crippen molar-refractivity contribution in [1.82, 2.24) is 6.15 Å². The van der Waals surface area contributed by atoms with Gasteiger partial charge in [-0.15, -0.1) is 37.2 Å². The fraction of sp³-hybridized carbons (Fsp3) is 0. The van der Waals surface area contributed by atoms with Gasteiger partial charge in [-0.1, -0.05) is 0 Å². The molecule has 0 fully saturated rings. The molecule has 0 spiro atoms. The number of halogens is 3. The second-order valence-corrected chi connectivity index (χ2v) is 0. The number of hydrogen-bond acceptors (Lipinski definition) is 3. The topological polar surface area (TPSA) is 87.0 Å². The van der Waals surface area contributed by atoms with E-state index in [2.05, 4.69) is 11.7 Å². The predicted molar refractivity (Wildman–Crippen MR) is 35.1 cm³/mol. The Labute approximate surface area is 55.6 Å². The Hall–Kier alpha value is 0.750. The zero-order chi connectivity index (χ0) is 2.00. The van der Waals surface area contributed by atoms with E-state index >= 15 is 0 Å². The van der Waals surface area contributed by atoms with Crippen LogP contribution in [-0.2, 0) is 0 Å². The van der Waals surface area contributed by atoms with Crippen molar-refractivity contribution >= 4 is 37.2 Å². The van der Waals surface area contributed by atoms with Crippen molar-refractivity contribution in [1.29, 1.82) is 0 Å². The highest BCUT2D eigenvalue weighted by Gasteiger charge is 0.726. The van der Waals surface area contributed by atoms with Crippen molar-refractivity contribution < 1.29 is 0 Å². The monoisotopic (exact) mass is 157 g/mol. The van der Waals surface area contributed by atoms with Crippen molar-refractivity contribution in [3.63, 3.8) is 0 Å². The molecule has 46 valence electrons. The van der Waals surface area contributed by atoms with Crippen LogP contribution in [0.5, 0.6) is 0 Å². The van der Waals surface area contributed by atoms with Gasteiger partial charge in [0.25, 0.3) is 0 Å². The lowest BCUT2D eigenvalue weighted by molar-refractivity contribution is 1.26. The average Bonchev–Trinajstić information content (AvgIpc) is 1.00. The van der Waals surface area contributed by atoms with E-state index in [0.29, 0.717) is 0 Å². The Balaban J connectivity index is -0.000000000833. The third-order valence-corrected chi connectivity index (χ3v) is 0. The van der Waals surface area contributed by atoms with E-state index in [0.717, 1.165) is 0 Å². The quantitative estimate of drug-likeness (QED) is 0.349. The van der Waals surface area contributed by atoms with E-state index in [1.807, 2.05) is 0 Å². The molecule has 0 aliphatic rings. The fourth-order valence-corrected chi connectivity index (χ4v) is 0. The molecular formula is H10Cl3N3. The first-order valence-electron chi connectivity index (χ1n) is 0.333. The second kappa shape index (κ2) is 231. The molecule has 0 aliphatic heterocycles. The van der Waals surface area contributed by atoms with Gasteiger partial charge in [0.15, 0.2) is 0 Å². The molecule has 0 aromatic rings. The number of hydrogen-bond donors (Lipinski definition) is 3. The zero-order valence-corrected chi connectivity index (χ0v) is 5.54. The van der Waals surface area contributed by atoms with E-state index in [1.54, 1.807) is 0 Å². The minimum absolute atomic E-state index is 0. The summed E-state index contributed by atoms with van der Waals surface area (Å²) in [6.45, 7) is 0. The lowest BCUT2D eigenvalue weighted by Crippen LogP contribution is -2.02. The van der Waals surface area contributed by atoms with Crippen LogP contribution < -0.4 is 17.8 Å². The maximum Gasteiger partial charge on any atom is -0.147 e.